The summed E-state index contributed by atoms with van der Waals surface area (Å²) in [4.78, 5) is 13.8. The monoisotopic (exact) mass is 369 g/mol. The van der Waals surface area contributed by atoms with Crippen molar-refractivity contribution in [1.82, 2.24) is 4.90 Å². The number of hydrogen-bond donors (Lipinski definition) is 0. The van der Waals surface area contributed by atoms with Crippen LogP contribution in [0.15, 0.2) is 24.3 Å². The number of ether oxygens (including phenoxy) is 2. The Morgan fingerprint density at radius 1 is 1.12 bits per heavy atom. The molecular weight excluding hydrogens is 338 g/mol. The van der Waals surface area contributed by atoms with Crippen molar-refractivity contribution in [3.8, 4) is 5.75 Å². The first-order chi connectivity index (χ1) is 12.0. The van der Waals surface area contributed by atoms with Gasteiger partial charge in [-0.15, -0.1) is 11.6 Å². The van der Waals surface area contributed by atoms with Gasteiger partial charge in [-0.3, -0.25) is 9.69 Å². The lowest BCUT2D eigenvalue weighted by atomic mass is 10.1. The van der Waals surface area contributed by atoms with Gasteiger partial charge in [0.15, 0.2) is 0 Å². The van der Waals surface area contributed by atoms with Gasteiger partial charge in [0.1, 0.15) is 17.4 Å². The number of carbonyl (C=O) groups is 1. The molecule has 4 nitrogen and oxygen atoms in total. The van der Waals surface area contributed by atoms with Gasteiger partial charge in [-0.05, 0) is 43.9 Å². The average molecular weight is 370 g/mol. The van der Waals surface area contributed by atoms with Crippen LogP contribution in [0.5, 0.6) is 5.75 Å². The minimum Gasteiger partial charge on any atom is -0.475 e. The third-order valence-corrected chi connectivity index (χ3v) is 4.55. The largest absolute Gasteiger partial charge is 0.475 e. The van der Waals surface area contributed by atoms with E-state index in [2.05, 4.69) is 30.4 Å². The van der Waals surface area contributed by atoms with Crippen molar-refractivity contribution >= 4 is 17.6 Å². The molecule has 5 heteroatoms. The van der Waals surface area contributed by atoms with E-state index in [0.717, 1.165) is 24.4 Å². The Morgan fingerprint density at radius 3 is 2.16 bits per heavy atom. The number of alkyl halides is 1. The van der Waals surface area contributed by atoms with Gasteiger partial charge in [0.05, 0.1) is 7.11 Å². The molecule has 2 unspecified atom stereocenters. The van der Waals surface area contributed by atoms with E-state index in [-0.39, 0.29) is 6.23 Å². The highest BCUT2D eigenvalue weighted by molar-refractivity contribution is 6.30. The van der Waals surface area contributed by atoms with Crippen molar-refractivity contribution in [2.75, 3.05) is 20.2 Å². The molecule has 0 fully saturated rings. The molecule has 0 bridgehead atoms. The average Bonchev–Trinajstić information content (AvgIpc) is 2.62. The predicted molar refractivity (Wildman–Crippen MR) is 103 cm³/mol. The summed E-state index contributed by atoms with van der Waals surface area (Å²) >= 11 is 6.02. The van der Waals surface area contributed by atoms with Crippen LogP contribution in [0.1, 0.15) is 52.0 Å². The van der Waals surface area contributed by atoms with Gasteiger partial charge < -0.3 is 9.47 Å². The summed E-state index contributed by atoms with van der Waals surface area (Å²) in [6.45, 7) is 8.64. The first kappa shape index (κ1) is 21.8. The van der Waals surface area contributed by atoms with E-state index in [1.54, 1.807) is 0 Å². The number of esters is 1. The zero-order valence-corrected chi connectivity index (χ0v) is 16.7. The highest BCUT2D eigenvalue weighted by atomic mass is 35.5. The molecule has 2 atom stereocenters. The maximum absolute atomic E-state index is 11.4. The van der Waals surface area contributed by atoms with Crippen LogP contribution in [0, 0.1) is 0 Å². The topological polar surface area (TPSA) is 38.8 Å². The molecule has 0 aliphatic rings. The number of benzene rings is 1. The van der Waals surface area contributed by atoms with Crippen LogP contribution in [0.25, 0.3) is 0 Å². The molecule has 1 aromatic carbocycles. The van der Waals surface area contributed by atoms with Crippen molar-refractivity contribution in [2.45, 2.75) is 64.5 Å². The maximum Gasteiger partial charge on any atom is 0.324 e. The second kappa shape index (κ2) is 12.2. The van der Waals surface area contributed by atoms with E-state index in [1.807, 2.05) is 24.3 Å². The fourth-order valence-electron chi connectivity index (χ4n) is 2.59. The quantitative estimate of drug-likeness (QED) is 0.306. The Bertz CT molecular complexity index is 484. The first-order valence-corrected chi connectivity index (χ1v) is 9.67. The number of halogens is 1. The molecule has 0 heterocycles. The van der Waals surface area contributed by atoms with E-state index in [0.29, 0.717) is 6.42 Å². The van der Waals surface area contributed by atoms with E-state index >= 15 is 0 Å². The highest BCUT2D eigenvalue weighted by Gasteiger charge is 2.17. The van der Waals surface area contributed by atoms with Gasteiger partial charge in [-0.25, -0.2) is 0 Å². The van der Waals surface area contributed by atoms with Crippen LogP contribution >= 0.6 is 11.6 Å². The molecule has 0 aliphatic heterocycles. The molecule has 1 aromatic rings. The Balaban J connectivity index is 2.60. The third-order valence-electron chi connectivity index (χ3n) is 4.21. The van der Waals surface area contributed by atoms with Gasteiger partial charge in [0, 0.05) is 13.1 Å². The number of hydrogen-bond acceptors (Lipinski definition) is 4. The lowest BCUT2D eigenvalue weighted by Crippen LogP contribution is -2.38. The first-order valence-electron chi connectivity index (χ1n) is 9.23. The van der Waals surface area contributed by atoms with Gasteiger partial charge in [-0.1, -0.05) is 38.8 Å². The van der Waals surface area contributed by atoms with Crippen LogP contribution in [0.2, 0.25) is 0 Å². The van der Waals surface area contributed by atoms with Crippen molar-refractivity contribution in [1.29, 1.82) is 0 Å². The molecular formula is C20H32ClNO3. The van der Waals surface area contributed by atoms with E-state index < -0.39 is 11.3 Å². The normalized spacial score (nSPS) is 13.5. The zero-order valence-electron chi connectivity index (χ0n) is 16.0. The van der Waals surface area contributed by atoms with Crippen molar-refractivity contribution in [2.24, 2.45) is 0 Å². The number of carbonyl (C=O) groups excluding carboxylic acids is 1. The molecule has 0 amide bonds. The van der Waals surface area contributed by atoms with Crippen LogP contribution in [-0.4, -0.2) is 42.7 Å². The number of rotatable bonds is 12. The molecule has 0 aliphatic carbocycles. The van der Waals surface area contributed by atoms with Gasteiger partial charge in [0.25, 0.3) is 0 Å². The van der Waals surface area contributed by atoms with Crippen LogP contribution in [-0.2, 0) is 16.0 Å². The van der Waals surface area contributed by atoms with Gasteiger partial charge >= 0.3 is 5.97 Å². The smallest absolute Gasteiger partial charge is 0.324 e. The fraction of sp³-hybridized carbons (Fsp3) is 0.650. The summed E-state index contributed by atoms with van der Waals surface area (Å²) in [5.41, 5.74) is 0.985. The summed E-state index contributed by atoms with van der Waals surface area (Å²) in [5, 5.41) is -0.658. The predicted octanol–water partition coefficient (Wildman–Crippen LogP) is 4.64. The molecule has 0 radical (unpaired) electrons. The molecule has 0 saturated carbocycles. The minimum absolute atomic E-state index is 0.0415. The SMILES string of the molecule is CCCCN(CCCC)C(C)Oc1ccc(CC(Cl)C(=O)OC)cc1. The highest BCUT2D eigenvalue weighted by Crippen LogP contribution is 2.18. The summed E-state index contributed by atoms with van der Waals surface area (Å²) < 4.78 is 10.8. The molecule has 1 rings (SSSR count). The van der Waals surface area contributed by atoms with Crippen LogP contribution < -0.4 is 4.74 Å². The molecule has 0 aromatic heterocycles. The van der Waals surface area contributed by atoms with Gasteiger partial charge in [-0.2, -0.15) is 0 Å². The summed E-state index contributed by atoms with van der Waals surface area (Å²) in [6.07, 6.45) is 5.22. The Hall–Kier alpha value is -1.26. The lowest BCUT2D eigenvalue weighted by Gasteiger charge is -2.29. The Morgan fingerprint density at radius 2 is 1.68 bits per heavy atom. The molecule has 0 N–H and O–H groups in total. The molecule has 142 valence electrons. The second-order valence-corrected chi connectivity index (χ2v) is 6.83. The molecule has 0 spiro atoms. The summed E-state index contributed by atoms with van der Waals surface area (Å²) in [5.74, 6) is 0.427. The number of nitrogens with zero attached hydrogens (tertiary/aromatic N) is 1. The van der Waals surface area contributed by atoms with Crippen molar-refractivity contribution < 1.29 is 14.3 Å². The second-order valence-electron chi connectivity index (χ2n) is 6.30. The number of unbranched alkanes of at least 4 members (excludes halogenated alkanes) is 2. The van der Waals surface area contributed by atoms with E-state index in [4.69, 9.17) is 16.3 Å². The molecule has 0 saturated heterocycles. The van der Waals surface area contributed by atoms with E-state index in [1.165, 1.54) is 32.8 Å². The van der Waals surface area contributed by atoms with Crippen molar-refractivity contribution in [3.63, 3.8) is 0 Å². The lowest BCUT2D eigenvalue weighted by molar-refractivity contribution is -0.140. The zero-order chi connectivity index (χ0) is 18.7. The Kier molecular flexibility index (Phi) is 10.6. The Labute approximate surface area is 157 Å². The van der Waals surface area contributed by atoms with Crippen molar-refractivity contribution in [3.05, 3.63) is 29.8 Å². The molecule has 25 heavy (non-hydrogen) atoms. The number of methoxy groups -OCH3 is 1. The third kappa shape index (κ3) is 8.10. The van der Waals surface area contributed by atoms with E-state index in [9.17, 15) is 4.79 Å². The minimum atomic E-state index is -0.658. The summed E-state index contributed by atoms with van der Waals surface area (Å²) in [7, 11) is 1.35. The standard InChI is InChI=1S/C20H32ClNO3/c1-5-7-13-22(14-8-6-2)16(3)25-18-11-9-17(10-12-18)15-19(21)20(23)24-4/h9-12,16,19H,5-8,13-15H2,1-4H3. The van der Waals surface area contributed by atoms with Crippen LogP contribution in [0.3, 0.4) is 0 Å². The maximum atomic E-state index is 11.4. The summed E-state index contributed by atoms with van der Waals surface area (Å²) in [6, 6.07) is 7.76. The fourth-order valence-corrected chi connectivity index (χ4v) is 2.86. The van der Waals surface area contributed by atoms with Crippen LogP contribution in [0.4, 0.5) is 0 Å². The van der Waals surface area contributed by atoms with Gasteiger partial charge in [0.2, 0.25) is 0 Å².